The molecule has 4 rings (SSSR count). The van der Waals surface area contributed by atoms with Crippen molar-refractivity contribution in [2.75, 3.05) is 18.1 Å². The molecule has 11 heteroatoms. The Morgan fingerprint density at radius 2 is 1.62 bits per heavy atom. The Morgan fingerprint density at radius 3 is 2.30 bits per heavy atom. The minimum atomic E-state index is -0.905. The lowest BCUT2D eigenvalue weighted by Crippen LogP contribution is -2.54. The average molecular weight is 583 g/mol. The Morgan fingerprint density at radius 1 is 0.875 bits per heavy atom. The van der Waals surface area contributed by atoms with E-state index in [4.69, 9.17) is 37.4 Å². The van der Waals surface area contributed by atoms with Crippen LogP contribution < -0.4 is 19.7 Å². The zero-order chi connectivity index (χ0) is 28.8. The third kappa shape index (κ3) is 6.44. The number of rotatable bonds is 9. The number of urea groups is 1. The standard InChI is InChI=1S/C29H24Cl2N2O7/c1-3-38-25-15-17(6-12-24(25)40-16-18-5-11-22(30)23(31)14-18)13-21-26(34)32-29(37)33(27(21)35)20-9-7-19(8-10-20)28(36)39-4-2/h5-15H,3-4,16H2,1-2H3,(H,32,34,37)/b21-13+. The summed E-state index contributed by atoms with van der Waals surface area (Å²) in [6.45, 7) is 4.24. The number of hydrogen-bond donors (Lipinski definition) is 1. The van der Waals surface area contributed by atoms with Crippen molar-refractivity contribution in [2.45, 2.75) is 20.5 Å². The fraction of sp³-hybridized carbons (Fsp3) is 0.172. The van der Waals surface area contributed by atoms with Crippen molar-refractivity contribution in [3.63, 3.8) is 0 Å². The van der Waals surface area contributed by atoms with E-state index < -0.39 is 23.8 Å². The van der Waals surface area contributed by atoms with E-state index in [0.29, 0.717) is 33.7 Å². The van der Waals surface area contributed by atoms with Crippen LogP contribution in [0.4, 0.5) is 10.5 Å². The first-order chi connectivity index (χ1) is 19.2. The smallest absolute Gasteiger partial charge is 0.338 e. The number of carbonyl (C=O) groups is 4. The van der Waals surface area contributed by atoms with Crippen LogP contribution in [0.5, 0.6) is 11.5 Å². The van der Waals surface area contributed by atoms with Crippen molar-refractivity contribution in [1.82, 2.24) is 5.32 Å². The van der Waals surface area contributed by atoms with Gasteiger partial charge in [-0.2, -0.15) is 0 Å². The van der Waals surface area contributed by atoms with Crippen LogP contribution in [0, 0.1) is 0 Å². The Bertz CT molecular complexity index is 1500. The van der Waals surface area contributed by atoms with E-state index in [1.807, 2.05) is 6.92 Å². The molecule has 1 aliphatic rings. The molecule has 206 valence electrons. The van der Waals surface area contributed by atoms with Gasteiger partial charge in [0.25, 0.3) is 11.8 Å². The highest BCUT2D eigenvalue weighted by atomic mass is 35.5. The van der Waals surface area contributed by atoms with E-state index in [2.05, 4.69) is 5.32 Å². The summed E-state index contributed by atoms with van der Waals surface area (Å²) in [7, 11) is 0. The van der Waals surface area contributed by atoms with E-state index in [9.17, 15) is 19.2 Å². The van der Waals surface area contributed by atoms with E-state index in [-0.39, 0.29) is 30.0 Å². The lowest BCUT2D eigenvalue weighted by atomic mass is 10.1. The molecule has 0 aliphatic carbocycles. The number of benzene rings is 3. The third-order valence-corrected chi connectivity index (χ3v) is 6.43. The number of nitrogens with zero attached hydrogens (tertiary/aromatic N) is 1. The summed E-state index contributed by atoms with van der Waals surface area (Å²) < 4.78 is 16.6. The number of barbiturate groups is 1. The van der Waals surface area contributed by atoms with Crippen LogP contribution in [0.15, 0.2) is 66.2 Å². The number of hydrogen-bond acceptors (Lipinski definition) is 7. The van der Waals surface area contributed by atoms with Crippen molar-refractivity contribution in [1.29, 1.82) is 0 Å². The maximum absolute atomic E-state index is 13.3. The molecule has 0 atom stereocenters. The van der Waals surface area contributed by atoms with Crippen molar-refractivity contribution < 1.29 is 33.4 Å². The summed E-state index contributed by atoms with van der Waals surface area (Å²) in [4.78, 5) is 51.2. The van der Waals surface area contributed by atoms with E-state index in [0.717, 1.165) is 10.5 Å². The number of esters is 1. The molecule has 0 bridgehead atoms. The van der Waals surface area contributed by atoms with Gasteiger partial charge < -0.3 is 14.2 Å². The summed E-state index contributed by atoms with van der Waals surface area (Å²) >= 11 is 12.1. The Hall–Kier alpha value is -4.34. The first-order valence-electron chi connectivity index (χ1n) is 12.2. The maximum atomic E-state index is 13.3. The second-order valence-corrected chi connectivity index (χ2v) is 9.22. The summed E-state index contributed by atoms with van der Waals surface area (Å²) in [5.74, 6) is -1.37. The first-order valence-corrected chi connectivity index (χ1v) is 13.0. The molecule has 0 radical (unpaired) electrons. The van der Waals surface area contributed by atoms with Crippen LogP contribution in [-0.2, 0) is 20.9 Å². The molecule has 3 aromatic rings. The number of ether oxygens (including phenoxy) is 3. The summed E-state index contributed by atoms with van der Waals surface area (Å²) in [5, 5.41) is 3.02. The van der Waals surface area contributed by atoms with Gasteiger partial charge >= 0.3 is 12.0 Å². The topological polar surface area (TPSA) is 111 Å². The van der Waals surface area contributed by atoms with Crippen LogP contribution in [0.2, 0.25) is 10.0 Å². The van der Waals surface area contributed by atoms with Gasteiger partial charge in [0.1, 0.15) is 12.2 Å². The van der Waals surface area contributed by atoms with Gasteiger partial charge in [-0.25, -0.2) is 14.5 Å². The molecule has 9 nitrogen and oxygen atoms in total. The molecule has 1 saturated heterocycles. The van der Waals surface area contributed by atoms with Gasteiger partial charge in [-0.15, -0.1) is 0 Å². The highest BCUT2D eigenvalue weighted by Crippen LogP contribution is 2.32. The molecular weight excluding hydrogens is 559 g/mol. The number of amides is 4. The van der Waals surface area contributed by atoms with E-state index in [1.54, 1.807) is 43.3 Å². The van der Waals surface area contributed by atoms with Crippen molar-refractivity contribution in [3.8, 4) is 11.5 Å². The normalized spacial score (nSPS) is 14.2. The maximum Gasteiger partial charge on any atom is 0.338 e. The van der Waals surface area contributed by atoms with E-state index in [1.165, 1.54) is 30.3 Å². The molecule has 0 saturated carbocycles. The van der Waals surface area contributed by atoms with Gasteiger partial charge in [0.2, 0.25) is 0 Å². The fourth-order valence-corrected chi connectivity index (χ4v) is 4.13. The predicted molar refractivity (Wildman–Crippen MR) is 150 cm³/mol. The Labute approximate surface area is 240 Å². The van der Waals surface area contributed by atoms with Crippen LogP contribution in [0.1, 0.15) is 35.3 Å². The number of carbonyl (C=O) groups excluding carboxylic acids is 4. The zero-order valence-corrected chi connectivity index (χ0v) is 23.0. The number of nitrogens with one attached hydrogen (secondary N) is 1. The fourth-order valence-electron chi connectivity index (χ4n) is 3.81. The number of halogens is 2. The van der Waals surface area contributed by atoms with Gasteiger partial charge in [-0.3, -0.25) is 14.9 Å². The quantitative estimate of drug-likeness (QED) is 0.192. The molecule has 0 unspecified atom stereocenters. The molecule has 0 aromatic heterocycles. The SMILES string of the molecule is CCOC(=O)c1ccc(N2C(=O)NC(=O)/C(=C\c3ccc(OCc4ccc(Cl)c(Cl)c4)c(OCC)c3)C2=O)cc1. The minimum Gasteiger partial charge on any atom is -0.490 e. The number of anilines is 1. The third-order valence-electron chi connectivity index (χ3n) is 5.70. The lowest BCUT2D eigenvalue weighted by Gasteiger charge is -2.26. The molecule has 1 N–H and O–H groups in total. The Kier molecular flexibility index (Phi) is 9.08. The van der Waals surface area contributed by atoms with Crippen molar-refractivity contribution >= 4 is 58.8 Å². The first kappa shape index (κ1) is 28.7. The molecule has 40 heavy (non-hydrogen) atoms. The highest BCUT2D eigenvalue weighted by molar-refractivity contribution is 6.42. The molecule has 0 spiro atoms. The van der Waals surface area contributed by atoms with Crippen molar-refractivity contribution in [3.05, 3.63) is 93.0 Å². The zero-order valence-electron chi connectivity index (χ0n) is 21.5. The molecule has 1 fully saturated rings. The summed E-state index contributed by atoms with van der Waals surface area (Å²) in [6, 6.07) is 14.9. The second kappa shape index (κ2) is 12.7. The molecular formula is C29H24Cl2N2O7. The second-order valence-electron chi connectivity index (χ2n) is 8.40. The van der Waals surface area contributed by atoms with E-state index >= 15 is 0 Å². The van der Waals surface area contributed by atoms with Crippen LogP contribution >= 0.6 is 23.2 Å². The van der Waals surface area contributed by atoms with Crippen LogP contribution in [0.25, 0.3) is 6.08 Å². The highest BCUT2D eigenvalue weighted by Gasteiger charge is 2.37. The molecule has 1 aliphatic heterocycles. The summed E-state index contributed by atoms with van der Waals surface area (Å²) in [5.41, 5.74) is 1.44. The van der Waals surface area contributed by atoms with Gasteiger partial charge in [-0.05, 0) is 79.6 Å². The molecule has 4 amide bonds. The van der Waals surface area contributed by atoms with Crippen LogP contribution in [-0.4, -0.2) is 37.0 Å². The number of imide groups is 2. The van der Waals surface area contributed by atoms with Crippen molar-refractivity contribution in [2.24, 2.45) is 0 Å². The Balaban J connectivity index is 1.58. The van der Waals surface area contributed by atoms with Gasteiger partial charge in [0.05, 0.1) is 34.5 Å². The van der Waals surface area contributed by atoms with Gasteiger partial charge in [0, 0.05) is 0 Å². The monoisotopic (exact) mass is 582 g/mol. The predicted octanol–water partition coefficient (Wildman–Crippen LogP) is 5.81. The van der Waals surface area contributed by atoms with Crippen LogP contribution in [0.3, 0.4) is 0 Å². The summed E-state index contributed by atoms with van der Waals surface area (Å²) in [6.07, 6.45) is 1.36. The lowest BCUT2D eigenvalue weighted by molar-refractivity contribution is -0.122. The molecule has 1 heterocycles. The van der Waals surface area contributed by atoms with Gasteiger partial charge in [-0.1, -0.05) is 35.3 Å². The van der Waals surface area contributed by atoms with Gasteiger partial charge in [0.15, 0.2) is 11.5 Å². The molecule has 3 aromatic carbocycles. The minimum absolute atomic E-state index is 0.176. The average Bonchev–Trinajstić information content (AvgIpc) is 2.93. The largest absolute Gasteiger partial charge is 0.490 e.